The molecule has 1 N–H and O–H groups in total. The fraction of sp³-hybridized carbons (Fsp3) is 0. The molecule has 0 fully saturated rings. The molecule has 0 amide bonds. The smallest absolute Gasteiger partial charge is 0.151 e. The highest BCUT2D eigenvalue weighted by Crippen LogP contribution is 2.29. The molecule has 1 heterocycles. The molecule has 4 rings (SSSR count). The first-order valence-corrected chi connectivity index (χ1v) is 7.41. The first kappa shape index (κ1) is 13.5. The average Bonchev–Trinajstić information content (AvgIpc) is 3.00. The van der Waals surface area contributed by atoms with E-state index in [2.05, 4.69) is 4.99 Å². The molecule has 0 bridgehead atoms. The minimum atomic E-state index is 0.235. The molecule has 0 aliphatic rings. The summed E-state index contributed by atoms with van der Waals surface area (Å²) in [5, 5.41) is 10.2. The lowest BCUT2D eigenvalue weighted by molar-refractivity contribution is 0.668. The van der Waals surface area contributed by atoms with Crippen LogP contribution in [0, 0.1) is 5.41 Å². The van der Waals surface area contributed by atoms with Gasteiger partial charge in [0.25, 0.3) is 0 Å². The van der Waals surface area contributed by atoms with E-state index in [-0.39, 0.29) is 5.84 Å². The first-order valence-electron chi connectivity index (χ1n) is 7.41. The van der Waals surface area contributed by atoms with Gasteiger partial charge in [0.15, 0.2) is 5.84 Å². The molecule has 0 aliphatic heterocycles. The van der Waals surface area contributed by atoms with Crippen LogP contribution in [0.25, 0.3) is 21.9 Å². The summed E-state index contributed by atoms with van der Waals surface area (Å²) < 4.78 is 5.96. The van der Waals surface area contributed by atoms with Crippen molar-refractivity contribution in [2.75, 3.05) is 0 Å². The Bertz CT molecular complexity index is 1030. The lowest BCUT2D eigenvalue weighted by Crippen LogP contribution is -1.95. The van der Waals surface area contributed by atoms with Gasteiger partial charge in [0.1, 0.15) is 11.2 Å². The van der Waals surface area contributed by atoms with Gasteiger partial charge in [-0.05, 0) is 12.1 Å². The highest BCUT2D eigenvalue weighted by atomic mass is 16.3. The topological polar surface area (TPSA) is 49.4 Å². The number of fused-ring (bicyclic) bond motifs is 3. The van der Waals surface area contributed by atoms with Gasteiger partial charge in [0.05, 0.1) is 0 Å². The van der Waals surface area contributed by atoms with E-state index in [0.29, 0.717) is 0 Å². The van der Waals surface area contributed by atoms with Crippen molar-refractivity contribution >= 4 is 34.0 Å². The lowest BCUT2D eigenvalue weighted by Gasteiger charge is -1.98. The van der Waals surface area contributed by atoms with Crippen LogP contribution in [-0.2, 0) is 0 Å². The van der Waals surface area contributed by atoms with Crippen molar-refractivity contribution in [3.05, 3.63) is 83.9 Å². The molecule has 0 radical (unpaired) electrons. The number of rotatable bonds is 2. The van der Waals surface area contributed by atoms with Gasteiger partial charge in [-0.25, -0.2) is 4.99 Å². The third-order valence-electron chi connectivity index (χ3n) is 3.81. The predicted molar refractivity (Wildman–Crippen MR) is 94.6 cm³/mol. The fourth-order valence-electron chi connectivity index (χ4n) is 2.68. The van der Waals surface area contributed by atoms with E-state index in [1.165, 1.54) is 0 Å². The first-order chi connectivity index (χ1) is 11.3. The van der Waals surface area contributed by atoms with Gasteiger partial charge < -0.3 is 4.42 Å². The highest BCUT2D eigenvalue weighted by Gasteiger charge is 2.08. The van der Waals surface area contributed by atoms with E-state index in [4.69, 9.17) is 9.83 Å². The van der Waals surface area contributed by atoms with Gasteiger partial charge in [0, 0.05) is 28.1 Å². The maximum absolute atomic E-state index is 8.07. The number of aliphatic imine (C=N–C) groups is 1. The zero-order valence-corrected chi connectivity index (χ0v) is 12.4. The largest absolute Gasteiger partial charge is 0.455 e. The molecule has 0 unspecified atom stereocenters. The Labute approximate surface area is 133 Å². The molecule has 0 aliphatic carbocycles. The van der Waals surface area contributed by atoms with Crippen LogP contribution >= 0.6 is 0 Å². The summed E-state index contributed by atoms with van der Waals surface area (Å²) in [5.74, 6) is 0.235. The number of hydrogen-bond donors (Lipinski definition) is 1. The number of nitrogens with zero attached hydrogens (tertiary/aromatic N) is 1. The van der Waals surface area contributed by atoms with Crippen LogP contribution in [0.2, 0.25) is 0 Å². The molecule has 0 saturated carbocycles. The van der Waals surface area contributed by atoms with Gasteiger partial charge in [-0.1, -0.05) is 60.7 Å². The van der Waals surface area contributed by atoms with E-state index in [1.807, 2.05) is 72.8 Å². The van der Waals surface area contributed by atoms with Gasteiger partial charge >= 0.3 is 0 Å². The predicted octanol–water partition coefficient (Wildman–Crippen LogP) is 5.03. The Morgan fingerprint density at radius 2 is 1.57 bits per heavy atom. The molecule has 23 heavy (non-hydrogen) atoms. The molecule has 0 spiro atoms. The Morgan fingerprint density at radius 3 is 2.43 bits per heavy atom. The number of furan rings is 1. The van der Waals surface area contributed by atoms with Crippen LogP contribution < -0.4 is 0 Å². The van der Waals surface area contributed by atoms with E-state index in [0.717, 1.165) is 33.1 Å². The van der Waals surface area contributed by atoms with Crippen LogP contribution in [0.15, 0.2) is 82.2 Å². The summed E-state index contributed by atoms with van der Waals surface area (Å²) in [6.07, 6.45) is 1.69. The maximum atomic E-state index is 8.07. The molecule has 4 aromatic rings. The summed E-state index contributed by atoms with van der Waals surface area (Å²) in [6, 6.07) is 23.4. The van der Waals surface area contributed by atoms with Crippen LogP contribution in [0.5, 0.6) is 0 Å². The Kier molecular flexibility index (Phi) is 3.24. The minimum Gasteiger partial charge on any atom is -0.455 e. The molecule has 3 nitrogen and oxygen atoms in total. The third kappa shape index (κ3) is 2.42. The molecular formula is C20H14N2O. The Balaban J connectivity index is 1.77. The summed E-state index contributed by atoms with van der Waals surface area (Å²) >= 11 is 0. The summed E-state index contributed by atoms with van der Waals surface area (Å²) in [7, 11) is 0. The van der Waals surface area contributed by atoms with Gasteiger partial charge in [-0.15, -0.1) is 0 Å². The van der Waals surface area contributed by atoms with E-state index in [9.17, 15) is 0 Å². The van der Waals surface area contributed by atoms with Crippen molar-refractivity contribution in [2.45, 2.75) is 0 Å². The second-order valence-corrected chi connectivity index (χ2v) is 5.29. The van der Waals surface area contributed by atoms with Gasteiger partial charge in [0.2, 0.25) is 0 Å². The number of amidine groups is 1. The zero-order valence-electron chi connectivity index (χ0n) is 12.4. The molecule has 0 saturated heterocycles. The molecule has 0 atom stereocenters. The molecule has 3 aromatic carbocycles. The van der Waals surface area contributed by atoms with Crippen LogP contribution in [0.1, 0.15) is 11.1 Å². The fourth-order valence-corrected chi connectivity index (χ4v) is 2.68. The van der Waals surface area contributed by atoms with Gasteiger partial charge in [-0.3, -0.25) is 5.41 Å². The van der Waals surface area contributed by atoms with Gasteiger partial charge in [-0.2, -0.15) is 0 Å². The second-order valence-electron chi connectivity index (χ2n) is 5.29. The monoisotopic (exact) mass is 298 g/mol. The van der Waals surface area contributed by atoms with E-state index < -0.39 is 0 Å². The number of para-hydroxylation sites is 2. The number of hydrogen-bond acceptors (Lipinski definition) is 2. The van der Waals surface area contributed by atoms with Crippen molar-refractivity contribution < 1.29 is 4.42 Å². The second kappa shape index (κ2) is 5.54. The van der Waals surface area contributed by atoms with Crippen LogP contribution in [-0.4, -0.2) is 12.1 Å². The Hall–Kier alpha value is -3.20. The molecule has 3 heteroatoms. The van der Waals surface area contributed by atoms with Crippen molar-refractivity contribution in [1.82, 2.24) is 0 Å². The highest BCUT2D eigenvalue weighted by molar-refractivity contribution is 6.12. The van der Waals surface area contributed by atoms with E-state index >= 15 is 0 Å². The van der Waals surface area contributed by atoms with Crippen molar-refractivity contribution in [2.24, 2.45) is 4.99 Å². The Morgan fingerprint density at radius 1 is 0.826 bits per heavy atom. The lowest BCUT2D eigenvalue weighted by atomic mass is 10.1. The summed E-state index contributed by atoms with van der Waals surface area (Å²) in [4.78, 5) is 4.28. The molecular weight excluding hydrogens is 284 g/mol. The normalized spacial score (nSPS) is 11.5. The van der Waals surface area contributed by atoms with Crippen molar-refractivity contribution in [1.29, 1.82) is 5.41 Å². The summed E-state index contributed by atoms with van der Waals surface area (Å²) in [6.45, 7) is 0. The number of nitrogens with one attached hydrogen (secondary N) is 1. The van der Waals surface area contributed by atoms with Crippen molar-refractivity contribution in [3.8, 4) is 0 Å². The molecule has 1 aromatic heterocycles. The quantitative estimate of drug-likeness (QED) is 0.409. The average molecular weight is 298 g/mol. The van der Waals surface area contributed by atoms with E-state index in [1.54, 1.807) is 6.21 Å². The summed E-state index contributed by atoms with van der Waals surface area (Å²) in [5.41, 5.74) is 3.33. The van der Waals surface area contributed by atoms with Crippen LogP contribution in [0.4, 0.5) is 0 Å². The standard InChI is InChI=1S/C20H14N2O/c21-20(14-7-2-1-3-8-14)22-13-15-9-6-11-17-16-10-4-5-12-18(16)23-19(15)17/h1-13,21H. The molecule has 110 valence electrons. The van der Waals surface area contributed by atoms with Crippen molar-refractivity contribution in [3.63, 3.8) is 0 Å². The number of benzene rings is 3. The van der Waals surface area contributed by atoms with Crippen LogP contribution in [0.3, 0.4) is 0 Å². The SMILES string of the molecule is N=C(N=Cc1cccc2c1oc1ccccc12)c1ccccc1. The third-order valence-corrected chi connectivity index (χ3v) is 3.81. The maximum Gasteiger partial charge on any atom is 0.151 e. The zero-order chi connectivity index (χ0) is 15.6. The minimum absolute atomic E-state index is 0.235.